The Kier molecular flexibility index (Phi) is 9.99. The second-order valence-electron chi connectivity index (χ2n) is 19.4. The number of ether oxygens (including phenoxy) is 1. The molecule has 0 atom stereocenters. The zero-order chi connectivity index (χ0) is 44.4. The average Bonchev–Trinajstić information content (AvgIpc) is 3.85. The molecule has 0 unspecified atom stereocenters. The first-order valence-electron chi connectivity index (χ1n) is 22.2. The van der Waals surface area contributed by atoms with E-state index in [-0.39, 0.29) is 10.8 Å². The summed E-state index contributed by atoms with van der Waals surface area (Å²) >= 11 is 0. The number of hydrogen-bond acceptors (Lipinski definition) is 3. The Hall–Kier alpha value is -7.09. The number of para-hydroxylation sites is 4. The lowest BCUT2D eigenvalue weighted by molar-refractivity contribution is -0.572. The van der Waals surface area contributed by atoms with Crippen LogP contribution in [0.15, 0.2) is 176 Å². The maximum Gasteiger partial charge on any atom is 0.271 e. The van der Waals surface area contributed by atoms with Crippen LogP contribution in [0.1, 0.15) is 52.7 Å². The van der Waals surface area contributed by atoms with Crippen molar-refractivity contribution < 1.29 is 9.30 Å². The highest BCUT2D eigenvalue weighted by Crippen LogP contribution is 2.37. The van der Waals surface area contributed by atoms with E-state index in [4.69, 9.17) is 14.7 Å². The Morgan fingerprint density at radius 2 is 1.22 bits per heavy atom. The van der Waals surface area contributed by atoms with E-state index in [1.807, 2.05) is 30.6 Å². The summed E-state index contributed by atoms with van der Waals surface area (Å²) in [5.74, 6) is 2.99. The van der Waals surface area contributed by atoms with Gasteiger partial charge in [0.15, 0.2) is 5.82 Å². The van der Waals surface area contributed by atoms with Gasteiger partial charge in [-0.25, -0.2) is 4.98 Å². The summed E-state index contributed by atoms with van der Waals surface area (Å²) in [5, 5.41) is 5.13. The molecule has 0 N–H and O–H groups in total. The number of imidazole rings is 1. The fraction of sp³-hybridized carbons (Fsp3) is 0.175. The number of fused-ring (bicyclic) bond motifs is 4. The topological polar surface area (TPSA) is 48.8 Å². The van der Waals surface area contributed by atoms with Gasteiger partial charge in [-0.05, 0) is 69.5 Å². The van der Waals surface area contributed by atoms with Gasteiger partial charge < -0.3 is 4.74 Å². The van der Waals surface area contributed by atoms with Gasteiger partial charge in [-0.15, -0.1) is 0 Å². The van der Waals surface area contributed by atoms with Crippen LogP contribution >= 0.6 is 0 Å². The minimum Gasteiger partial charge on any atom is -0.458 e. The van der Waals surface area contributed by atoms with Gasteiger partial charge in [0.05, 0.1) is 27.8 Å². The fourth-order valence-corrected chi connectivity index (χ4v) is 11.5. The Morgan fingerprint density at radius 3 is 2.02 bits per heavy atom. The molecule has 6 nitrogen and oxygen atoms in total. The second kappa shape index (κ2) is 15.6. The van der Waals surface area contributed by atoms with Crippen molar-refractivity contribution in [2.75, 3.05) is 0 Å². The molecule has 4 heterocycles. The molecule has 0 amide bonds. The largest absolute Gasteiger partial charge is 0.458 e. The van der Waals surface area contributed by atoms with Crippen LogP contribution in [0.4, 0.5) is 0 Å². The van der Waals surface area contributed by atoms with Gasteiger partial charge in [0.2, 0.25) is 0 Å². The molecule has 0 saturated carbocycles. The van der Waals surface area contributed by atoms with E-state index in [1.165, 1.54) is 32.5 Å². The van der Waals surface area contributed by atoms with Crippen molar-refractivity contribution >= 4 is 51.3 Å². The summed E-state index contributed by atoms with van der Waals surface area (Å²) in [7, 11) is -1.98. The number of benzene rings is 6. The van der Waals surface area contributed by atoms with Crippen LogP contribution in [-0.2, 0) is 10.8 Å². The minimum absolute atomic E-state index is 0.0168. The summed E-state index contributed by atoms with van der Waals surface area (Å²) < 4.78 is 13.3. The number of hydrogen-bond donors (Lipinski definition) is 0. The van der Waals surface area contributed by atoms with E-state index in [9.17, 15) is 0 Å². The zero-order valence-electron chi connectivity index (χ0n) is 37.9. The molecule has 10 aromatic rings. The van der Waals surface area contributed by atoms with E-state index >= 15 is 0 Å². The van der Waals surface area contributed by atoms with Crippen LogP contribution in [-0.4, -0.2) is 27.2 Å². The summed E-state index contributed by atoms with van der Waals surface area (Å²) in [6.07, 6.45) is 7.53. The minimum atomic E-state index is -1.98. The number of aromatic nitrogens is 5. The molecule has 6 aromatic carbocycles. The summed E-state index contributed by atoms with van der Waals surface area (Å²) in [6.45, 7) is 18.4. The van der Waals surface area contributed by atoms with Crippen molar-refractivity contribution in [3.63, 3.8) is 0 Å². The predicted octanol–water partition coefficient (Wildman–Crippen LogP) is 12.5. The molecule has 0 radical (unpaired) electrons. The van der Waals surface area contributed by atoms with Crippen LogP contribution in [0, 0.1) is 6.33 Å². The summed E-state index contributed by atoms with van der Waals surface area (Å²) in [4.78, 5) is 9.80. The van der Waals surface area contributed by atoms with Crippen LogP contribution in [0.5, 0.6) is 11.5 Å². The van der Waals surface area contributed by atoms with Gasteiger partial charge in [0.25, 0.3) is 6.33 Å². The van der Waals surface area contributed by atoms with Gasteiger partial charge in [-0.2, -0.15) is 0 Å². The van der Waals surface area contributed by atoms with Crippen molar-refractivity contribution in [1.82, 2.24) is 19.1 Å². The number of pyridine rings is 2. The Labute approximate surface area is 377 Å². The molecule has 0 aliphatic rings. The normalized spacial score (nSPS) is 12.4. The maximum atomic E-state index is 6.72. The highest BCUT2D eigenvalue weighted by Gasteiger charge is 2.28. The Bertz CT molecular complexity index is 3370. The molecule has 316 valence electrons. The van der Waals surface area contributed by atoms with E-state index < -0.39 is 8.07 Å². The Morgan fingerprint density at radius 1 is 0.547 bits per heavy atom. The van der Waals surface area contributed by atoms with Crippen molar-refractivity contribution in [2.45, 2.75) is 65.5 Å². The number of nitrogens with zero attached hydrogens (tertiary/aromatic N) is 5. The van der Waals surface area contributed by atoms with Gasteiger partial charge >= 0.3 is 0 Å². The van der Waals surface area contributed by atoms with E-state index in [0.717, 1.165) is 50.3 Å². The maximum absolute atomic E-state index is 6.72. The van der Waals surface area contributed by atoms with E-state index in [1.54, 1.807) is 0 Å². The third kappa shape index (κ3) is 7.29. The molecule has 64 heavy (non-hydrogen) atoms. The molecule has 10 rings (SSSR count). The first kappa shape index (κ1) is 40.9. The van der Waals surface area contributed by atoms with Crippen LogP contribution in [0.25, 0.3) is 61.3 Å². The second-order valence-corrected chi connectivity index (χ2v) is 23.8. The molecule has 0 spiro atoms. The van der Waals surface area contributed by atoms with E-state index in [0.29, 0.717) is 11.6 Å². The third-order valence-corrected chi connectivity index (χ3v) is 16.2. The lowest BCUT2D eigenvalue weighted by atomic mass is 9.83. The zero-order valence-corrected chi connectivity index (χ0v) is 38.9. The average molecular weight is 852 g/mol. The van der Waals surface area contributed by atoms with Crippen LogP contribution in [0.3, 0.4) is 0 Å². The molecule has 0 aliphatic carbocycles. The fourth-order valence-electron chi connectivity index (χ4n) is 9.10. The first-order chi connectivity index (χ1) is 30.8. The van der Waals surface area contributed by atoms with Crippen molar-refractivity contribution in [1.29, 1.82) is 0 Å². The van der Waals surface area contributed by atoms with Crippen molar-refractivity contribution in [2.24, 2.45) is 0 Å². The lowest BCUT2D eigenvalue weighted by Crippen LogP contribution is -2.52. The van der Waals surface area contributed by atoms with Gasteiger partial charge in [0.1, 0.15) is 25.4 Å². The molecule has 0 bridgehead atoms. The third-order valence-electron chi connectivity index (χ3n) is 12.7. The quantitative estimate of drug-likeness (QED) is 0.0869. The van der Waals surface area contributed by atoms with Crippen LogP contribution < -0.4 is 19.7 Å². The molecular weight excluding hydrogens is 799 g/mol. The number of rotatable bonds is 8. The molecule has 0 aliphatic heterocycles. The summed E-state index contributed by atoms with van der Waals surface area (Å²) in [6, 6.07) is 58.4. The van der Waals surface area contributed by atoms with Crippen LogP contribution in [0.2, 0.25) is 13.1 Å². The predicted molar refractivity (Wildman–Crippen MR) is 266 cm³/mol. The summed E-state index contributed by atoms with van der Waals surface area (Å²) in [5.41, 5.74) is 9.91. The lowest BCUT2D eigenvalue weighted by Gasteiger charge is -2.27. The smallest absolute Gasteiger partial charge is 0.271 e. The SMILES string of the molecule is CC(C)(C)c1ccnc(-n2c3ccccc3c3ccc(Oc4ccnc(-n5[c-][n+](-c6c(-c7cccc([Si](C)(C)c8ccccc8)c7)cccc6C(C)(C)C)c6ccccc65)c4)cc32)c1. The molecule has 4 aromatic heterocycles. The molecular formula is C57H53N5OSi. The highest BCUT2D eigenvalue weighted by atomic mass is 28.3. The first-order valence-corrected chi connectivity index (χ1v) is 25.2. The van der Waals surface area contributed by atoms with Crippen molar-refractivity contribution in [3.8, 4) is 39.9 Å². The molecule has 0 fully saturated rings. The molecule has 7 heteroatoms. The van der Waals surface area contributed by atoms with Gasteiger partial charge in [-0.1, -0.05) is 180 Å². The van der Waals surface area contributed by atoms with Gasteiger partial charge in [-0.3, -0.25) is 18.7 Å². The Balaban J connectivity index is 1.07. The monoisotopic (exact) mass is 851 g/mol. The standard InChI is InChI=1S/C57H53N5OSi/c1-56(2,3)40-30-32-59-54(35-40)62-49-25-13-12-22-46(49)47-29-28-41(36-52(47)62)63-42-31-33-58-53(37-42)60-38-61(51-27-15-14-26-50(51)60)55-45(23-17-24-48(55)57(4,5)6)39-18-16-21-44(34-39)64(7,8)43-19-10-9-11-20-43/h9-37H,1-8H3. The van der Waals surface area contributed by atoms with Gasteiger partial charge in [0, 0.05) is 35.3 Å². The highest BCUT2D eigenvalue weighted by molar-refractivity contribution is 7.00. The van der Waals surface area contributed by atoms with E-state index in [2.05, 4.69) is 220 Å². The molecule has 0 saturated heterocycles. The van der Waals surface area contributed by atoms with Crippen molar-refractivity contribution in [3.05, 3.63) is 194 Å².